The molecule has 1 N–H and O–H groups in total. The van der Waals surface area contributed by atoms with Crippen LogP contribution in [0, 0.1) is 0 Å². The molecule has 90 valence electrons. The molecule has 0 atom stereocenters. The Bertz CT molecular complexity index is 653. The molecule has 3 rings (SSSR count). The van der Waals surface area contributed by atoms with Crippen LogP contribution in [0.5, 0.6) is 5.75 Å². The van der Waals surface area contributed by atoms with Crippen LogP contribution in [-0.2, 0) is 4.79 Å². The Hall–Kier alpha value is -2.09. The zero-order chi connectivity index (χ0) is 12.5. The molecular formula is C16H14O2. The lowest BCUT2D eigenvalue weighted by atomic mass is 9.91. The quantitative estimate of drug-likeness (QED) is 0.822. The van der Waals surface area contributed by atoms with Gasteiger partial charge in [-0.25, -0.2) is 0 Å². The number of hydrogen-bond donors (Lipinski definition) is 1. The minimum absolute atomic E-state index is 0.236. The second kappa shape index (κ2) is 4.30. The first-order valence-corrected chi connectivity index (χ1v) is 6.20. The van der Waals surface area contributed by atoms with E-state index in [1.807, 2.05) is 30.3 Å². The molecule has 0 saturated heterocycles. The highest BCUT2D eigenvalue weighted by Crippen LogP contribution is 2.28. The minimum atomic E-state index is 0.236. The van der Waals surface area contributed by atoms with E-state index < -0.39 is 0 Å². The molecule has 18 heavy (non-hydrogen) atoms. The molecule has 1 aliphatic rings. The number of ketones is 1. The molecule has 0 saturated carbocycles. The summed E-state index contributed by atoms with van der Waals surface area (Å²) >= 11 is 0. The van der Waals surface area contributed by atoms with E-state index in [1.165, 1.54) is 0 Å². The van der Waals surface area contributed by atoms with Crippen LogP contribution in [0.4, 0.5) is 0 Å². The number of carbonyl (C=O) groups is 1. The van der Waals surface area contributed by atoms with Gasteiger partial charge in [-0.2, -0.15) is 0 Å². The molecule has 0 spiro atoms. The largest absolute Gasteiger partial charge is 0.508 e. The summed E-state index contributed by atoms with van der Waals surface area (Å²) in [6, 6.07) is 11.2. The van der Waals surface area contributed by atoms with Crippen molar-refractivity contribution < 1.29 is 9.90 Å². The highest BCUT2D eigenvalue weighted by molar-refractivity contribution is 6.21. The number of carbonyl (C=O) groups excluding carboxylic acids is 1. The summed E-state index contributed by atoms with van der Waals surface area (Å²) < 4.78 is 0. The SMILES string of the molecule is O=C1CCCC=C1c1ccc2cc(O)ccc2c1. The fourth-order valence-electron chi connectivity index (χ4n) is 2.44. The Morgan fingerprint density at radius 1 is 1.00 bits per heavy atom. The monoisotopic (exact) mass is 238 g/mol. The topological polar surface area (TPSA) is 37.3 Å². The lowest BCUT2D eigenvalue weighted by Crippen LogP contribution is -2.05. The number of aromatic hydroxyl groups is 1. The first kappa shape index (κ1) is 11.0. The number of hydrogen-bond acceptors (Lipinski definition) is 2. The maximum atomic E-state index is 11.9. The van der Waals surface area contributed by atoms with Gasteiger partial charge in [0, 0.05) is 12.0 Å². The summed E-state index contributed by atoms with van der Waals surface area (Å²) in [6.07, 6.45) is 4.63. The van der Waals surface area contributed by atoms with Crippen molar-refractivity contribution in [2.75, 3.05) is 0 Å². The van der Waals surface area contributed by atoms with Crippen molar-refractivity contribution in [3.05, 3.63) is 48.0 Å². The van der Waals surface area contributed by atoms with Gasteiger partial charge >= 0.3 is 0 Å². The Morgan fingerprint density at radius 2 is 1.78 bits per heavy atom. The van der Waals surface area contributed by atoms with Gasteiger partial charge in [0.05, 0.1) is 0 Å². The third-order valence-electron chi connectivity index (χ3n) is 3.39. The predicted octanol–water partition coefficient (Wildman–Crippen LogP) is 3.68. The van der Waals surface area contributed by atoms with E-state index in [2.05, 4.69) is 0 Å². The van der Waals surface area contributed by atoms with Crippen molar-refractivity contribution in [3.8, 4) is 5.75 Å². The van der Waals surface area contributed by atoms with E-state index in [9.17, 15) is 9.90 Å². The molecule has 2 aromatic rings. The second-order valence-electron chi connectivity index (χ2n) is 4.68. The van der Waals surface area contributed by atoms with Crippen molar-refractivity contribution in [1.82, 2.24) is 0 Å². The lowest BCUT2D eigenvalue weighted by molar-refractivity contribution is -0.114. The zero-order valence-corrected chi connectivity index (χ0v) is 10.0. The van der Waals surface area contributed by atoms with E-state index in [0.29, 0.717) is 6.42 Å². The number of Topliss-reactive ketones (excluding diaryl/α,β-unsaturated/α-hetero) is 1. The number of rotatable bonds is 1. The number of fused-ring (bicyclic) bond motifs is 1. The van der Waals surface area contributed by atoms with E-state index in [4.69, 9.17) is 0 Å². The van der Waals surface area contributed by atoms with Gasteiger partial charge in [0.25, 0.3) is 0 Å². The predicted molar refractivity (Wildman–Crippen MR) is 72.4 cm³/mol. The summed E-state index contributed by atoms with van der Waals surface area (Å²) in [6.45, 7) is 0. The third-order valence-corrected chi connectivity index (χ3v) is 3.39. The molecule has 0 fully saturated rings. The Balaban J connectivity index is 2.11. The Kier molecular flexibility index (Phi) is 2.63. The normalized spacial score (nSPS) is 15.8. The van der Waals surface area contributed by atoms with Gasteiger partial charge in [-0.1, -0.05) is 24.3 Å². The molecule has 0 aromatic heterocycles. The highest BCUT2D eigenvalue weighted by atomic mass is 16.3. The summed E-state index contributed by atoms with van der Waals surface area (Å²) in [5, 5.41) is 11.5. The van der Waals surface area contributed by atoms with Gasteiger partial charge < -0.3 is 5.11 Å². The van der Waals surface area contributed by atoms with Gasteiger partial charge in [0.15, 0.2) is 5.78 Å². The standard InChI is InChI=1S/C16H14O2/c17-14-8-7-11-9-13(6-5-12(11)10-14)15-3-1-2-4-16(15)18/h3,5-10,17H,1-2,4H2. The van der Waals surface area contributed by atoms with Crippen LogP contribution >= 0.6 is 0 Å². The molecular weight excluding hydrogens is 224 g/mol. The number of allylic oxidation sites excluding steroid dienone is 2. The molecule has 0 aliphatic heterocycles. The van der Waals surface area contributed by atoms with Crippen LogP contribution < -0.4 is 0 Å². The summed E-state index contributed by atoms with van der Waals surface area (Å²) in [5.74, 6) is 0.502. The molecule has 2 nitrogen and oxygen atoms in total. The number of phenolic OH excluding ortho intramolecular Hbond substituents is 1. The van der Waals surface area contributed by atoms with Crippen molar-refractivity contribution in [2.24, 2.45) is 0 Å². The average molecular weight is 238 g/mol. The van der Waals surface area contributed by atoms with Gasteiger partial charge in [-0.05, 0) is 47.4 Å². The fraction of sp³-hybridized carbons (Fsp3) is 0.188. The molecule has 0 radical (unpaired) electrons. The van der Waals surface area contributed by atoms with Crippen LogP contribution in [0.15, 0.2) is 42.5 Å². The van der Waals surface area contributed by atoms with Crippen LogP contribution in [-0.4, -0.2) is 10.9 Å². The summed E-state index contributed by atoms with van der Waals surface area (Å²) in [5.41, 5.74) is 1.83. The highest BCUT2D eigenvalue weighted by Gasteiger charge is 2.15. The first-order valence-electron chi connectivity index (χ1n) is 6.20. The molecule has 0 bridgehead atoms. The van der Waals surface area contributed by atoms with Crippen molar-refractivity contribution in [1.29, 1.82) is 0 Å². The van der Waals surface area contributed by atoms with E-state index in [0.717, 1.165) is 34.8 Å². The Labute approximate surface area is 106 Å². The second-order valence-corrected chi connectivity index (χ2v) is 4.68. The zero-order valence-electron chi connectivity index (χ0n) is 10.0. The van der Waals surface area contributed by atoms with E-state index in [1.54, 1.807) is 12.1 Å². The number of phenols is 1. The van der Waals surface area contributed by atoms with Crippen LogP contribution in [0.3, 0.4) is 0 Å². The summed E-state index contributed by atoms with van der Waals surface area (Å²) in [7, 11) is 0. The van der Waals surface area contributed by atoms with Crippen molar-refractivity contribution in [2.45, 2.75) is 19.3 Å². The molecule has 1 aliphatic carbocycles. The summed E-state index contributed by atoms with van der Waals surface area (Å²) in [4.78, 5) is 11.9. The Morgan fingerprint density at radius 3 is 2.61 bits per heavy atom. The van der Waals surface area contributed by atoms with Gasteiger partial charge in [0.1, 0.15) is 5.75 Å². The van der Waals surface area contributed by atoms with Crippen molar-refractivity contribution in [3.63, 3.8) is 0 Å². The van der Waals surface area contributed by atoms with E-state index in [-0.39, 0.29) is 11.5 Å². The van der Waals surface area contributed by atoms with Crippen LogP contribution in [0.2, 0.25) is 0 Å². The van der Waals surface area contributed by atoms with Crippen LogP contribution in [0.1, 0.15) is 24.8 Å². The third kappa shape index (κ3) is 1.90. The lowest BCUT2D eigenvalue weighted by Gasteiger charge is -2.12. The maximum Gasteiger partial charge on any atom is 0.163 e. The van der Waals surface area contributed by atoms with Gasteiger partial charge in [0.2, 0.25) is 0 Å². The van der Waals surface area contributed by atoms with E-state index >= 15 is 0 Å². The molecule has 0 amide bonds. The fourth-order valence-corrected chi connectivity index (χ4v) is 2.44. The van der Waals surface area contributed by atoms with Gasteiger partial charge in [-0.3, -0.25) is 4.79 Å². The van der Waals surface area contributed by atoms with Crippen LogP contribution in [0.25, 0.3) is 16.3 Å². The maximum absolute atomic E-state index is 11.9. The smallest absolute Gasteiger partial charge is 0.163 e. The molecule has 0 unspecified atom stereocenters. The minimum Gasteiger partial charge on any atom is -0.508 e. The van der Waals surface area contributed by atoms with Crippen molar-refractivity contribution >= 4 is 22.1 Å². The number of benzene rings is 2. The molecule has 2 heteroatoms. The first-order chi connectivity index (χ1) is 8.74. The molecule has 2 aromatic carbocycles. The van der Waals surface area contributed by atoms with Gasteiger partial charge in [-0.15, -0.1) is 0 Å². The molecule has 0 heterocycles. The average Bonchev–Trinajstić information content (AvgIpc) is 2.39.